The number of aryl methyl sites for hydroxylation is 1. The van der Waals surface area contributed by atoms with E-state index in [9.17, 15) is 9.59 Å². The van der Waals surface area contributed by atoms with Crippen LogP contribution in [0, 0.1) is 0 Å². The summed E-state index contributed by atoms with van der Waals surface area (Å²) >= 11 is 0. The topological polar surface area (TPSA) is 111 Å². The fourth-order valence-corrected chi connectivity index (χ4v) is 2.76. The van der Waals surface area contributed by atoms with Gasteiger partial charge in [0, 0.05) is 37.2 Å². The Morgan fingerprint density at radius 2 is 1.96 bits per heavy atom. The van der Waals surface area contributed by atoms with Gasteiger partial charge in [-0.25, -0.2) is 14.8 Å². The van der Waals surface area contributed by atoms with Gasteiger partial charge in [0.05, 0.1) is 6.61 Å². The summed E-state index contributed by atoms with van der Waals surface area (Å²) in [5.74, 6) is 0.346. The van der Waals surface area contributed by atoms with Gasteiger partial charge in [-0.05, 0) is 37.6 Å². The minimum Gasteiger partial charge on any atom is -0.465 e. The number of aromatic nitrogens is 4. The Kier molecular flexibility index (Phi) is 6.50. The van der Waals surface area contributed by atoms with Crippen LogP contribution in [-0.2, 0) is 16.1 Å². The van der Waals surface area contributed by atoms with E-state index >= 15 is 0 Å². The number of imidazole rings is 1. The van der Waals surface area contributed by atoms with Gasteiger partial charge in [-0.1, -0.05) is 0 Å². The molecule has 9 nitrogen and oxygen atoms in total. The van der Waals surface area contributed by atoms with Crippen molar-refractivity contribution < 1.29 is 14.3 Å². The third-order valence-corrected chi connectivity index (χ3v) is 3.98. The fourth-order valence-electron chi connectivity index (χ4n) is 2.76. The predicted molar refractivity (Wildman–Crippen MR) is 103 cm³/mol. The monoisotopic (exact) mass is 382 g/mol. The number of pyridine rings is 2. The first-order valence-corrected chi connectivity index (χ1v) is 9.08. The molecule has 2 N–H and O–H groups in total. The average molecular weight is 382 g/mol. The molecule has 2 amide bonds. The van der Waals surface area contributed by atoms with E-state index in [0.29, 0.717) is 19.5 Å². The molecule has 0 radical (unpaired) electrons. The van der Waals surface area contributed by atoms with Crippen LogP contribution in [0.2, 0.25) is 0 Å². The first-order valence-electron chi connectivity index (χ1n) is 9.08. The SMILES string of the molecule is CCOC(=O)CNC(=O)NCCCn1c(-c2ccncc2)nc2cccnc21. The first-order chi connectivity index (χ1) is 13.7. The minimum atomic E-state index is -0.462. The summed E-state index contributed by atoms with van der Waals surface area (Å²) in [6.07, 6.45) is 5.86. The first kappa shape index (κ1) is 19.3. The lowest BCUT2D eigenvalue weighted by molar-refractivity contribution is -0.141. The number of nitrogens with one attached hydrogen (secondary N) is 2. The second-order valence-electron chi connectivity index (χ2n) is 5.94. The maximum atomic E-state index is 11.7. The van der Waals surface area contributed by atoms with Crippen LogP contribution in [0.5, 0.6) is 0 Å². The summed E-state index contributed by atoms with van der Waals surface area (Å²) < 4.78 is 6.79. The zero-order chi connectivity index (χ0) is 19.8. The summed E-state index contributed by atoms with van der Waals surface area (Å²) in [5, 5.41) is 5.19. The molecule has 0 saturated carbocycles. The quantitative estimate of drug-likeness (QED) is 0.453. The van der Waals surface area contributed by atoms with Crippen LogP contribution in [0.1, 0.15) is 13.3 Å². The zero-order valence-corrected chi connectivity index (χ0v) is 15.6. The van der Waals surface area contributed by atoms with Crippen LogP contribution >= 0.6 is 0 Å². The maximum absolute atomic E-state index is 11.7. The van der Waals surface area contributed by atoms with E-state index in [0.717, 1.165) is 22.6 Å². The van der Waals surface area contributed by atoms with Crippen molar-refractivity contribution in [3.05, 3.63) is 42.9 Å². The standard InChI is InChI=1S/C19H22N6O3/c1-2-28-16(26)13-23-19(27)22-9-4-12-25-17(14-6-10-20-11-7-14)24-15-5-3-8-21-18(15)25/h3,5-8,10-11H,2,4,9,12-13H2,1H3,(H2,22,23,27). The lowest BCUT2D eigenvalue weighted by Crippen LogP contribution is -2.39. The molecular weight excluding hydrogens is 360 g/mol. The summed E-state index contributed by atoms with van der Waals surface area (Å²) in [4.78, 5) is 36.2. The Labute approximate surface area is 162 Å². The molecule has 3 aromatic heterocycles. The van der Waals surface area contributed by atoms with E-state index in [1.165, 1.54) is 0 Å². The molecule has 0 saturated heterocycles. The predicted octanol–water partition coefficient (Wildman–Crippen LogP) is 1.75. The zero-order valence-electron chi connectivity index (χ0n) is 15.6. The van der Waals surface area contributed by atoms with E-state index in [1.54, 1.807) is 25.5 Å². The molecule has 0 bridgehead atoms. The van der Waals surface area contributed by atoms with E-state index in [2.05, 4.69) is 25.6 Å². The Morgan fingerprint density at radius 3 is 2.75 bits per heavy atom. The lowest BCUT2D eigenvalue weighted by atomic mass is 10.2. The summed E-state index contributed by atoms with van der Waals surface area (Å²) in [7, 11) is 0. The van der Waals surface area contributed by atoms with Gasteiger partial charge in [0.15, 0.2) is 5.65 Å². The van der Waals surface area contributed by atoms with E-state index < -0.39 is 12.0 Å². The summed E-state index contributed by atoms with van der Waals surface area (Å²) in [5.41, 5.74) is 2.56. The largest absolute Gasteiger partial charge is 0.465 e. The van der Waals surface area contributed by atoms with Crippen molar-refractivity contribution in [1.82, 2.24) is 30.2 Å². The molecule has 3 aromatic rings. The van der Waals surface area contributed by atoms with Crippen LogP contribution in [0.4, 0.5) is 4.79 Å². The van der Waals surface area contributed by atoms with Crippen molar-refractivity contribution in [2.24, 2.45) is 0 Å². The summed E-state index contributed by atoms with van der Waals surface area (Å²) in [6.45, 7) is 2.92. The Hall–Kier alpha value is -3.49. The molecule has 0 unspecified atom stereocenters. The number of hydrogen-bond acceptors (Lipinski definition) is 6. The van der Waals surface area contributed by atoms with Gasteiger partial charge in [-0.2, -0.15) is 0 Å². The van der Waals surface area contributed by atoms with Gasteiger partial charge in [-0.15, -0.1) is 0 Å². The van der Waals surface area contributed by atoms with Gasteiger partial charge < -0.3 is 19.9 Å². The summed E-state index contributed by atoms with van der Waals surface area (Å²) in [6, 6.07) is 7.17. The molecule has 0 aromatic carbocycles. The molecule has 146 valence electrons. The molecular formula is C19H22N6O3. The number of hydrogen-bond donors (Lipinski definition) is 2. The van der Waals surface area contributed by atoms with Crippen LogP contribution in [-0.4, -0.2) is 51.2 Å². The number of fused-ring (bicyclic) bond motifs is 1. The van der Waals surface area contributed by atoms with Crippen molar-refractivity contribution in [1.29, 1.82) is 0 Å². The number of rotatable bonds is 8. The number of nitrogens with zero attached hydrogens (tertiary/aromatic N) is 4. The van der Waals surface area contributed by atoms with Crippen LogP contribution < -0.4 is 10.6 Å². The van der Waals surface area contributed by atoms with E-state index in [4.69, 9.17) is 4.74 Å². The number of amides is 2. The maximum Gasteiger partial charge on any atom is 0.325 e. The lowest BCUT2D eigenvalue weighted by Gasteiger charge is -2.10. The van der Waals surface area contributed by atoms with Crippen molar-refractivity contribution in [3.8, 4) is 11.4 Å². The van der Waals surface area contributed by atoms with Crippen LogP contribution in [0.25, 0.3) is 22.6 Å². The third-order valence-electron chi connectivity index (χ3n) is 3.98. The fraction of sp³-hybridized carbons (Fsp3) is 0.316. The van der Waals surface area contributed by atoms with Gasteiger partial charge >= 0.3 is 12.0 Å². The highest BCUT2D eigenvalue weighted by Crippen LogP contribution is 2.23. The van der Waals surface area contributed by atoms with Crippen LogP contribution in [0.3, 0.4) is 0 Å². The van der Waals surface area contributed by atoms with E-state index in [1.807, 2.05) is 28.8 Å². The Balaban J connectivity index is 1.60. The minimum absolute atomic E-state index is 0.151. The van der Waals surface area contributed by atoms with Gasteiger partial charge in [0.1, 0.15) is 17.9 Å². The van der Waals surface area contributed by atoms with Gasteiger partial charge in [0.25, 0.3) is 0 Å². The Morgan fingerprint density at radius 1 is 1.14 bits per heavy atom. The smallest absolute Gasteiger partial charge is 0.325 e. The Bertz CT molecular complexity index is 941. The highest BCUT2D eigenvalue weighted by molar-refractivity contribution is 5.80. The highest BCUT2D eigenvalue weighted by Gasteiger charge is 2.13. The van der Waals surface area contributed by atoms with Crippen molar-refractivity contribution in [2.45, 2.75) is 19.9 Å². The average Bonchev–Trinajstić information content (AvgIpc) is 3.09. The highest BCUT2D eigenvalue weighted by atomic mass is 16.5. The molecule has 3 heterocycles. The number of urea groups is 1. The molecule has 0 aliphatic rings. The molecule has 0 fully saturated rings. The van der Waals surface area contributed by atoms with Gasteiger partial charge in [0.2, 0.25) is 0 Å². The second kappa shape index (κ2) is 9.45. The van der Waals surface area contributed by atoms with Crippen LogP contribution in [0.15, 0.2) is 42.9 Å². The number of carbonyl (C=O) groups excluding carboxylic acids is 2. The number of carbonyl (C=O) groups is 2. The second-order valence-corrected chi connectivity index (χ2v) is 5.94. The number of ether oxygens (including phenoxy) is 1. The molecule has 0 atom stereocenters. The third kappa shape index (κ3) is 4.81. The molecule has 3 rings (SSSR count). The number of esters is 1. The normalized spacial score (nSPS) is 10.6. The van der Waals surface area contributed by atoms with E-state index in [-0.39, 0.29) is 13.2 Å². The van der Waals surface area contributed by atoms with Crippen molar-refractivity contribution in [2.75, 3.05) is 19.7 Å². The molecule has 9 heteroatoms. The van der Waals surface area contributed by atoms with Crippen molar-refractivity contribution >= 4 is 23.2 Å². The van der Waals surface area contributed by atoms with Gasteiger partial charge in [-0.3, -0.25) is 9.78 Å². The molecule has 28 heavy (non-hydrogen) atoms. The molecule has 0 aliphatic carbocycles. The van der Waals surface area contributed by atoms with Crippen molar-refractivity contribution in [3.63, 3.8) is 0 Å². The molecule has 0 spiro atoms. The molecule has 0 aliphatic heterocycles.